The number of para-hydroxylation sites is 1. The predicted molar refractivity (Wildman–Crippen MR) is 106 cm³/mol. The molecule has 2 aromatic carbocycles. The van der Waals surface area contributed by atoms with Gasteiger partial charge in [0, 0.05) is 12.2 Å². The van der Waals surface area contributed by atoms with E-state index in [2.05, 4.69) is 33.0 Å². The Morgan fingerprint density at radius 2 is 1.81 bits per heavy atom. The van der Waals surface area contributed by atoms with Gasteiger partial charge in [-0.05, 0) is 49.1 Å². The summed E-state index contributed by atoms with van der Waals surface area (Å²) in [6, 6.07) is 15.8. The van der Waals surface area contributed by atoms with Crippen molar-refractivity contribution in [1.29, 1.82) is 0 Å². The Balaban J connectivity index is 1.94. The maximum Gasteiger partial charge on any atom is 0.258 e. The average molecular weight is 352 g/mol. The summed E-state index contributed by atoms with van der Waals surface area (Å²) in [4.78, 5) is 15.0. The van der Waals surface area contributed by atoms with Gasteiger partial charge in [-0.2, -0.15) is 0 Å². The van der Waals surface area contributed by atoms with E-state index < -0.39 is 5.66 Å². The second-order valence-electron chi connectivity index (χ2n) is 7.43. The molecule has 0 spiro atoms. The topological polar surface area (TPSA) is 41.6 Å². The first-order valence-electron chi connectivity index (χ1n) is 9.38. The van der Waals surface area contributed by atoms with Crippen molar-refractivity contribution in [3.8, 4) is 5.75 Å². The highest BCUT2D eigenvalue weighted by molar-refractivity contribution is 6.02. The molecule has 4 nitrogen and oxygen atoms in total. The average Bonchev–Trinajstić information content (AvgIpc) is 2.64. The van der Waals surface area contributed by atoms with E-state index in [9.17, 15) is 4.79 Å². The van der Waals surface area contributed by atoms with Gasteiger partial charge >= 0.3 is 0 Å². The van der Waals surface area contributed by atoms with E-state index in [4.69, 9.17) is 4.74 Å². The SMILES string of the molecule is CCCN1C(=O)c2ccccc2NC1(C)c1ccc(OCC(C)C)cc1. The molecule has 1 N–H and O–H groups in total. The van der Waals surface area contributed by atoms with Crippen molar-refractivity contribution >= 4 is 11.6 Å². The van der Waals surface area contributed by atoms with Crippen molar-refractivity contribution in [1.82, 2.24) is 4.90 Å². The molecule has 0 aromatic heterocycles. The molecule has 4 heteroatoms. The van der Waals surface area contributed by atoms with Crippen molar-refractivity contribution in [3.05, 3.63) is 59.7 Å². The van der Waals surface area contributed by atoms with Crippen LogP contribution in [0.2, 0.25) is 0 Å². The number of benzene rings is 2. The normalized spacial score (nSPS) is 19.3. The van der Waals surface area contributed by atoms with Gasteiger partial charge in [-0.3, -0.25) is 4.79 Å². The van der Waals surface area contributed by atoms with Crippen LogP contribution < -0.4 is 10.1 Å². The number of hydrogen-bond donors (Lipinski definition) is 1. The number of fused-ring (bicyclic) bond motifs is 1. The first kappa shape index (κ1) is 18.3. The fourth-order valence-electron chi connectivity index (χ4n) is 3.37. The molecule has 1 aliphatic heterocycles. The van der Waals surface area contributed by atoms with Crippen LogP contribution in [-0.2, 0) is 5.66 Å². The quantitative estimate of drug-likeness (QED) is 0.806. The standard InChI is InChI=1S/C22H28N2O2/c1-5-14-24-21(25)19-8-6-7-9-20(19)23-22(24,4)17-10-12-18(13-11-17)26-15-16(2)3/h6-13,16,23H,5,14-15H2,1-4H3. The highest BCUT2D eigenvalue weighted by Crippen LogP contribution is 2.38. The Kier molecular flexibility index (Phi) is 5.21. The molecule has 1 heterocycles. The fourth-order valence-corrected chi connectivity index (χ4v) is 3.37. The van der Waals surface area contributed by atoms with Gasteiger partial charge in [0.25, 0.3) is 5.91 Å². The molecule has 0 fully saturated rings. The number of anilines is 1. The van der Waals surface area contributed by atoms with Crippen LogP contribution >= 0.6 is 0 Å². The number of carbonyl (C=O) groups excluding carboxylic acids is 1. The third kappa shape index (κ3) is 3.41. The number of amides is 1. The highest BCUT2D eigenvalue weighted by atomic mass is 16.5. The van der Waals surface area contributed by atoms with E-state index in [0.717, 1.165) is 29.0 Å². The van der Waals surface area contributed by atoms with Crippen LogP contribution in [-0.4, -0.2) is 24.0 Å². The molecule has 1 atom stereocenters. The van der Waals surface area contributed by atoms with E-state index in [-0.39, 0.29) is 5.91 Å². The van der Waals surface area contributed by atoms with Gasteiger partial charge in [0.15, 0.2) is 0 Å². The molecular formula is C22H28N2O2. The Morgan fingerprint density at radius 3 is 2.46 bits per heavy atom. The number of hydrogen-bond acceptors (Lipinski definition) is 3. The summed E-state index contributed by atoms with van der Waals surface area (Å²) in [5.41, 5.74) is 2.08. The number of rotatable bonds is 6. The van der Waals surface area contributed by atoms with Crippen molar-refractivity contribution < 1.29 is 9.53 Å². The van der Waals surface area contributed by atoms with Crippen LogP contribution in [0.5, 0.6) is 5.75 Å². The minimum Gasteiger partial charge on any atom is -0.493 e. The maximum atomic E-state index is 13.1. The summed E-state index contributed by atoms with van der Waals surface area (Å²) in [7, 11) is 0. The van der Waals surface area contributed by atoms with Crippen LogP contribution in [0.3, 0.4) is 0 Å². The van der Waals surface area contributed by atoms with Gasteiger partial charge in [0.05, 0.1) is 12.2 Å². The van der Waals surface area contributed by atoms with Crippen molar-refractivity contribution in [2.75, 3.05) is 18.5 Å². The number of nitrogens with one attached hydrogen (secondary N) is 1. The Hall–Kier alpha value is -2.49. The van der Waals surface area contributed by atoms with Crippen LogP contribution in [0, 0.1) is 5.92 Å². The number of carbonyl (C=O) groups is 1. The van der Waals surface area contributed by atoms with E-state index >= 15 is 0 Å². The minimum atomic E-state index is -0.585. The Morgan fingerprint density at radius 1 is 1.12 bits per heavy atom. The molecule has 138 valence electrons. The van der Waals surface area contributed by atoms with Gasteiger partial charge < -0.3 is 15.0 Å². The first-order chi connectivity index (χ1) is 12.5. The summed E-state index contributed by atoms with van der Waals surface area (Å²) in [5.74, 6) is 1.42. The van der Waals surface area contributed by atoms with E-state index in [1.165, 1.54) is 0 Å². The lowest BCUT2D eigenvalue weighted by atomic mass is 9.93. The molecule has 0 aliphatic carbocycles. The zero-order chi connectivity index (χ0) is 18.7. The minimum absolute atomic E-state index is 0.0730. The second-order valence-corrected chi connectivity index (χ2v) is 7.43. The van der Waals surface area contributed by atoms with Gasteiger partial charge in [-0.25, -0.2) is 0 Å². The summed E-state index contributed by atoms with van der Waals surface area (Å²) >= 11 is 0. The second kappa shape index (κ2) is 7.40. The molecule has 1 unspecified atom stereocenters. The molecule has 26 heavy (non-hydrogen) atoms. The third-order valence-electron chi connectivity index (χ3n) is 4.77. The van der Waals surface area contributed by atoms with E-state index in [0.29, 0.717) is 19.1 Å². The zero-order valence-corrected chi connectivity index (χ0v) is 16.1. The van der Waals surface area contributed by atoms with E-state index in [1.807, 2.05) is 53.4 Å². The molecule has 3 rings (SSSR count). The number of ether oxygens (including phenoxy) is 1. The van der Waals surface area contributed by atoms with Gasteiger partial charge in [-0.15, -0.1) is 0 Å². The van der Waals surface area contributed by atoms with Crippen molar-refractivity contribution in [2.24, 2.45) is 5.92 Å². The van der Waals surface area contributed by atoms with Crippen LogP contribution in [0.25, 0.3) is 0 Å². The lowest BCUT2D eigenvalue weighted by molar-refractivity contribution is 0.0535. The summed E-state index contributed by atoms with van der Waals surface area (Å²) in [6.45, 7) is 9.82. The van der Waals surface area contributed by atoms with Gasteiger partial charge in [0.2, 0.25) is 0 Å². The first-order valence-corrected chi connectivity index (χ1v) is 9.38. The molecular weight excluding hydrogens is 324 g/mol. The molecule has 2 aromatic rings. The van der Waals surface area contributed by atoms with Crippen LogP contribution in [0.1, 0.15) is 50.0 Å². The third-order valence-corrected chi connectivity index (χ3v) is 4.77. The number of nitrogens with zero attached hydrogens (tertiary/aromatic N) is 1. The van der Waals surface area contributed by atoms with Crippen LogP contribution in [0.15, 0.2) is 48.5 Å². The molecule has 1 aliphatic rings. The zero-order valence-electron chi connectivity index (χ0n) is 16.1. The van der Waals surface area contributed by atoms with Crippen molar-refractivity contribution in [2.45, 2.75) is 39.8 Å². The van der Waals surface area contributed by atoms with Crippen molar-refractivity contribution in [3.63, 3.8) is 0 Å². The molecule has 0 saturated heterocycles. The molecule has 0 bridgehead atoms. The highest BCUT2D eigenvalue weighted by Gasteiger charge is 2.41. The van der Waals surface area contributed by atoms with E-state index in [1.54, 1.807) is 0 Å². The summed E-state index contributed by atoms with van der Waals surface area (Å²) in [5, 5.41) is 3.59. The van der Waals surface area contributed by atoms with Gasteiger partial charge in [0.1, 0.15) is 11.4 Å². The largest absolute Gasteiger partial charge is 0.493 e. The Bertz CT molecular complexity index is 770. The summed E-state index contributed by atoms with van der Waals surface area (Å²) < 4.78 is 5.79. The van der Waals surface area contributed by atoms with Gasteiger partial charge in [-0.1, -0.05) is 45.0 Å². The smallest absolute Gasteiger partial charge is 0.258 e. The lowest BCUT2D eigenvalue weighted by Gasteiger charge is -2.46. The monoisotopic (exact) mass is 352 g/mol. The Labute approximate surface area is 156 Å². The fraction of sp³-hybridized carbons (Fsp3) is 0.409. The maximum absolute atomic E-state index is 13.1. The lowest BCUT2D eigenvalue weighted by Crippen LogP contribution is -2.56. The molecule has 0 radical (unpaired) electrons. The molecule has 0 saturated carbocycles. The summed E-state index contributed by atoms with van der Waals surface area (Å²) in [6.07, 6.45) is 0.904. The molecule has 1 amide bonds. The van der Waals surface area contributed by atoms with Crippen LogP contribution in [0.4, 0.5) is 5.69 Å². The predicted octanol–water partition coefficient (Wildman–Crippen LogP) is 4.87.